The molecule has 0 aliphatic carbocycles. The fourth-order valence-electron chi connectivity index (χ4n) is 3.75. The molecule has 162 valence electrons. The Kier molecular flexibility index (Phi) is 7.43. The first-order chi connectivity index (χ1) is 15.1. The summed E-state index contributed by atoms with van der Waals surface area (Å²) in [6.45, 7) is 8.65. The zero-order valence-corrected chi connectivity index (χ0v) is 19.8. The van der Waals surface area contributed by atoms with Crippen LogP contribution in [0.15, 0.2) is 58.3 Å². The number of benzene rings is 2. The Labute approximate surface area is 193 Å². The Morgan fingerprint density at radius 3 is 2.42 bits per heavy atom. The molecule has 1 amide bonds. The van der Waals surface area contributed by atoms with Gasteiger partial charge >= 0.3 is 0 Å². The average molecular weight is 452 g/mol. The number of hydrogen-bond donors (Lipinski definition) is 0. The standard InChI is InChI=1S/C25H29N3OS2/c1-19-4-6-21(7-5-19)16-27-12-3-13-28(15-14-27)24(29)23-10-8-22(9-11-23)18-31-25-26-20(2)17-30-25/h4-11,17H,3,12-16,18H2,1-2H3. The summed E-state index contributed by atoms with van der Waals surface area (Å²) in [6, 6.07) is 16.8. The van der Waals surface area contributed by atoms with Gasteiger partial charge in [-0.05, 0) is 43.5 Å². The maximum atomic E-state index is 13.0. The van der Waals surface area contributed by atoms with Crippen molar-refractivity contribution in [3.05, 3.63) is 81.9 Å². The van der Waals surface area contributed by atoms with Crippen molar-refractivity contribution < 1.29 is 4.79 Å². The van der Waals surface area contributed by atoms with Gasteiger partial charge < -0.3 is 4.90 Å². The molecule has 0 N–H and O–H groups in total. The molecule has 0 radical (unpaired) electrons. The third-order valence-corrected chi connectivity index (χ3v) is 7.77. The molecule has 0 saturated carbocycles. The molecule has 2 aromatic carbocycles. The largest absolute Gasteiger partial charge is 0.337 e. The maximum Gasteiger partial charge on any atom is 0.253 e. The second kappa shape index (κ2) is 10.4. The van der Waals surface area contributed by atoms with Crippen molar-refractivity contribution in [2.75, 3.05) is 26.2 Å². The van der Waals surface area contributed by atoms with Gasteiger partial charge in [-0.3, -0.25) is 9.69 Å². The first-order valence-corrected chi connectivity index (χ1v) is 12.6. The van der Waals surface area contributed by atoms with Crippen molar-refractivity contribution in [2.45, 2.75) is 36.9 Å². The molecule has 1 saturated heterocycles. The van der Waals surface area contributed by atoms with Crippen molar-refractivity contribution in [1.82, 2.24) is 14.8 Å². The lowest BCUT2D eigenvalue weighted by Crippen LogP contribution is -2.35. The van der Waals surface area contributed by atoms with Gasteiger partial charge in [-0.1, -0.05) is 53.7 Å². The molecule has 0 unspecified atom stereocenters. The van der Waals surface area contributed by atoms with Gasteiger partial charge in [0, 0.05) is 55.1 Å². The van der Waals surface area contributed by atoms with Crippen LogP contribution in [0.3, 0.4) is 0 Å². The molecule has 0 spiro atoms. The number of thioether (sulfide) groups is 1. The fraction of sp³-hybridized carbons (Fsp3) is 0.360. The lowest BCUT2D eigenvalue weighted by molar-refractivity contribution is 0.0761. The lowest BCUT2D eigenvalue weighted by atomic mass is 10.1. The number of nitrogens with zero attached hydrogens (tertiary/aromatic N) is 3. The van der Waals surface area contributed by atoms with Crippen molar-refractivity contribution in [3.63, 3.8) is 0 Å². The minimum absolute atomic E-state index is 0.145. The molecule has 0 bridgehead atoms. The zero-order chi connectivity index (χ0) is 21.6. The zero-order valence-electron chi connectivity index (χ0n) is 18.2. The van der Waals surface area contributed by atoms with E-state index >= 15 is 0 Å². The molecule has 1 fully saturated rings. The minimum atomic E-state index is 0.145. The molecule has 6 heteroatoms. The lowest BCUT2D eigenvalue weighted by Gasteiger charge is -2.22. The Balaban J connectivity index is 1.29. The van der Waals surface area contributed by atoms with Crippen LogP contribution in [-0.4, -0.2) is 46.9 Å². The molecule has 2 heterocycles. The highest BCUT2D eigenvalue weighted by atomic mass is 32.2. The molecule has 31 heavy (non-hydrogen) atoms. The summed E-state index contributed by atoms with van der Waals surface area (Å²) in [5.74, 6) is 1.02. The number of carbonyl (C=O) groups excluding carboxylic acids is 1. The third kappa shape index (κ3) is 6.19. The van der Waals surface area contributed by atoms with Crippen molar-refractivity contribution in [1.29, 1.82) is 0 Å². The number of thiazole rings is 1. The normalized spacial score (nSPS) is 15.1. The number of amides is 1. The summed E-state index contributed by atoms with van der Waals surface area (Å²) < 4.78 is 1.09. The number of aryl methyl sites for hydroxylation is 2. The maximum absolute atomic E-state index is 13.0. The molecule has 4 rings (SSSR count). The van der Waals surface area contributed by atoms with E-state index in [1.54, 1.807) is 23.1 Å². The van der Waals surface area contributed by atoms with Gasteiger partial charge in [-0.2, -0.15) is 0 Å². The van der Waals surface area contributed by atoms with Crippen molar-refractivity contribution in [2.24, 2.45) is 0 Å². The van der Waals surface area contributed by atoms with Crippen LogP contribution in [0.1, 0.15) is 39.2 Å². The van der Waals surface area contributed by atoms with Gasteiger partial charge in [0.2, 0.25) is 0 Å². The predicted octanol–water partition coefficient (Wildman–Crippen LogP) is 5.40. The monoisotopic (exact) mass is 451 g/mol. The van der Waals surface area contributed by atoms with Gasteiger partial charge in [0.1, 0.15) is 4.34 Å². The van der Waals surface area contributed by atoms with Crippen LogP contribution >= 0.6 is 23.1 Å². The average Bonchev–Trinajstić information content (AvgIpc) is 3.06. The van der Waals surface area contributed by atoms with E-state index < -0.39 is 0 Å². The Bertz CT molecular complexity index is 998. The van der Waals surface area contributed by atoms with E-state index in [1.807, 2.05) is 24.0 Å². The summed E-state index contributed by atoms with van der Waals surface area (Å²) in [5, 5.41) is 2.08. The molecule has 1 aromatic heterocycles. The van der Waals surface area contributed by atoms with Crippen LogP contribution in [0.4, 0.5) is 0 Å². The second-order valence-electron chi connectivity index (χ2n) is 8.15. The van der Waals surface area contributed by atoms with Crippen LogP contribution in [0.5, 0.6) is 0 Å². The van der Waals surface area contributed by atoms with E-state index in [2.05, 4.69) is 58.6 Å². The van der Waals surface area contributed by atoms with Crippen LogP contribution in [-0.2, 0) is 12.3 Å². The first kappa shape index (κ1) is 22.1. The molecule has 1 aliphatic heterocycles. The summed E-state index contributed by atoms with van der Waals surface area (Å²) in [5.41, 5.74) is 5.70. The smallest absolute Gasteiger partial charge is 0.253 e. The van der Waals surface area contributed by atoms with Gasteiger partial charge in [-0.25, -0.2) is 4.98 Å². The first-order valence-electron chi connectivity index (χ1n) is 10.8. The molecule has 1 aliphatic rings. The molecular formula is C25H29N3OS2. The molecular weight excluding hydrogens is 422 g/mol. The molecule has 0 atom stereocenters. The van der Waals surface area contributed by atoms with E-state index in [4.69, 9.17) is 0 Å². The third-order valence-electron chi connectivity index (χ3n) is 5.56. The topological polar surface area (TPSA) is 36.4 Å². The summed E-state index contributed by atoms with van der Waals surface area (Å²) in [6.07, 6.45) is 1.01. The highest BCUT2D eigenvalue weighted by molar-refractivity contribution is 8.00. The Morgan fingerprint density at radius 1 is 0.968 bits per heavy atom. The minimum Gasteiger partial charge on any atom is -0.337 e. The van der Waals surface area contributed by atoms with Crippen molar-refractivity contribution >= 4 is 29.0 Å². The van der Waals surface area contributed by atoms with E-state index in [0.717, 1.165) is 60.5 Å². The second-order valence-corrected chi connectivity index (χ2v) is 10.2. The number of carbonyl (C=O) groups is 1. The highest BCUT2D eigenvalue weighted by Crippen LogP contribution is 2.26. The summed E-state index contributed by atoms with van der Waals surface area (Å²) >= 11 is 3.43. The number of aromatic nitrogens is 1. The predicted molar refractivity (Wildman–Crippen MR) is 130 cm³/mol. The number of rotatable bonds is 6. The Morgan fingerprint density at radius 2 is 1.71 bits per heavy atom. The Hall–Kier alpha value is -2.15. The van der Waals surface area contributed by atoms with E-state index in [1.165, 1.54) is 16.7 Å². The van der Waals surface area contributed by atoms with Gasteiger partial charge in [0.05, 0.1) is 0 Å². The quantitative estimate of drug-likeness (QED) is 0.470. The summed E-state index contributed by atoms with van der Waals surface area (Å²) in [7, 11) is 0. The molecule has 4 nitrogen and oxygen atoms in total. The van der Waals surface area contributed by atoms with E-state index in [0.29, 0.717) is 0 Å². The van der Waals surface area contributed by atoms with Crippen LogP contribution in [0.25, 0.3) is 0 Å². The van der Waals surface area contributed by atoms with Crippen LogP contribution in [0.2, 0.25) is 0 Å². The molecule has 3 aromatic rings. The highest BCUT2D eigenvalue weighted by Gasteiger charge is 2.20. The van der Waals surface area contributed by atoms with Gasteiger partial charge in [0.25, 0.3) is 5.91 Å². The van der Waals surface area contributed by atoms with E-state index in [9.17, 15) is 4.79 Å². The van der Waals surface area contributed by atoms with Crippen LogP contribution in [0, 0.1) is 13.8 Å². The SMILES string of the molecule is Cc1ccc(CN2CCCN(C(=O)c3ccc(CSc4nc(C)cs4)cc3)CC2)cc1. The summed E-state index contributed by atoms with van der Waals surface area (Å²) in [4.78, 5) is 22.0. The van der Waals surface area contributed by atoms with Gasteiger partial charge in [0.15, 0.2) is 0 Å². The van der Waals surface area contributed by atoms with E-state index in [-0.39, 0.29) is 5.91 Å². The number of hydrogen-bond acceptors (Lipinski definition) is 5. The van der Waals surface area contributed by atoms with Gasteiger partial charge in [-0.15, -0.1) is 11.3 Å². The fourth-order valence-corrected chi connectivity index (χ4v) is 5.56. The van der Waals surface area contributed by atoms with Crippen LogP contribution < -0.4 is 0 Å². The van der Waals surface area contributed by atoms with Crippen molar-refractivity contribution in [3.8, 4) is 0 Å².